The van der Waals surface area contributed by atoms with Crippen molar-refractivity contribution in [3.8, 4) is 11.5 Å². The topological polar surface area (TPSA) is 281 Å². The summed E-state index contributed by atoms with van der Waals surface area (Å²) in [5.41, 5.74) is -2.31. The Hall–Kier alpha value is -5.77. The Morgan fingerprint density at radius 3 is 1.05 bits per heavy atom. The minimum absolute atomic E-state index is 0. The van der Waals surface area contributed by atoms with Crippen molar-refractivity contribution in [2.24, 2.45) is 81.8 Å². The molecule has 2 saturated heterocycles. The van der Waals surface area contributed by atoms with E-state index < -0.39 is 68.6 Å². The fraction of sp³-hybridized carbons (Fsp3) is 0.481. The van der Waals surface area contributed by atoms with Gasteiger partial charge in [-0.1, -0.05) is 80.2 Å². The maximum absolute atomic E-state index is 13.3. The molecule has 2 aliphatic heterocycles. The Morgan fingerprint density at radius 1 is 0.459 bits per heavy atom. The molecule has 14 aliphatic rings. The van der Waals surface area contributed by atoms with Crippen molar-refractivity contribution in [2.75, 3.05) is 13.2 Å². The zero-order valence-corrected chi connectivity index (χ0v) is 65.9. The summed E-state index contributed by atoms with van der Waals surface area (Å²) in [5.74, 6) is -2.57. The number of ether oxygens (including phenoxy) is 6. The summed E-state index contributed by atoms with van der Waals surface area (Å²) >= 11 is -1.38. The number of carbonyl (C=O) groups is 6. The number of carbonyl (C=O) groups excluding carboxylic acids is 6. The zero-order chi connectivity index (χ0) is 75.3. The van der Waals surface area contributed by atoms with Crippen molar-refractivity contribution in [1.82, 2.24) is 0 Å². The van der Waals surface area contributed by atoms with Crippen LogP contribution >= 0.6 is 36.5 Å². The molecule has 588 valence electrons. The van der Waals surface area contributed by atoms with Gasteiger partial charge in [0.1, 0.15) is 47.8 Å². The Kier molecular flexibility index (Phi) is 26.7. The van der Waals surface area contributed by atoms with Gasteiger partial charge in [-0.2, -0.15) is 26.2 Å². The number of rotatable bonds is 22. The van der Waals surface area contributed by atoms with Gasteiger partial charge in [0.2, 0.25) is 0 Å². The molecule has 12 aliphatic carbocycles. The van der Waals surface area contributed by atoms with Gasteiger partial charge in [0.05, 0.1) is 69.9 Å². The second kappa shape index (κ2) is 35.0. The first-order valence-electron chi connectivity index (χ1n) is 36.5. The predicted octanol–water partition coefficient (Wildman–Crippen LogP) is 10.5. The number of halogens is 5. The summed E-state index contributed by atoms with van der Waals surface area (Å²) < 4.78 is 92.3. The summed E-state index contributed by atoms with van der Waals surface area (Å²) in [5, 5.41) is 37.8. The van der Waals surface area contributed by atoms with Crippen molar-refractivity contribution < 1.29 is 144 Å². The molecule has 14 atom stereocenters. The molecule has 0 aromatic heterocycles. The summed E-state index contributed by atoms with van der Waals surface area (Å²) in [4.78, 5) is 80.5. The summed E-state index contributed by atoms with van der Waals surface area (Å²) in [6.07, 6.45) is 12.7. The molecule has 12 saturated carbocycles. The van der Waals surface area contributed by atoms with Crippen molar-refractivity contribution in [3.05, 3.63) is 170 Å². The standard InChI is InChI=1S/2C27H23O4S.2C13H18F2O6S.CH4.ClH.Na/c2*28-26(24-17-15-22-23(16-17)31-27(29)25(22)24)30-18-11-13-21(14-12-18)32(19-7-3-1-4-8-19)20-9-5-2-6-10-20;2*14-13(15,22-21-20-18)10(16)19-7-11-2-8-1-9(3-11)5-12(17,4-8)6-11;;;/h2*1-14,17,22-25H,15-16H2;2*8-9,17-18H,1-7H2;1H4;1H;/q2*+1;;;;;+1/p-2. The van der Waals surface area contributed by atoms with Crippen LogP contribution in [0.4, 0.5) is 17.6 Å². The van der Waals surface area contributed by atoms with Crippen molar-refractivity contribution in [2.45, 2.75) is 173 Å². The second-order valence-corrected chi connectivity index (χ2v) is 37.2. The number of hydrogen-bond donors (Lipinski definition) is 2. The third-order valence-corrected chi connectivity index (χ3v) is 29.6. The molecular weight excluding hydrogens is 1560 g/mol. The first kappa shape index (κ1) is 84.6. The van der Waals surface area contributed by atoms with E-state index in [-0.39, 0.29) is 168 Å². The van der Waals surface area contributed by atoms with E-state index in [0.29, 0.717) is 48.0 Å². The van der Waals surface area contributed by atoms with Crippen LogP contribution in [0.15, 0.2) is 199 Å². The second-order valence-electron chi connectivity index (χ2n) is 31.5. The average Bonchev–Trinajstić information content (AvgIpc) is 1.70. The third kappa shape index (κ3) is 18.3. The zero-order valence-electron chi connectivity index (χ0n) is 59.8. The van der Waals surface area contributed by atoms with Gasteiger partial charge in [0.15, 0.2) is 29.4 Å². The van der Waals surface area contributed by atoms with Crippen LogP contribution in [0.2, 0.25) is 0 Å². The molecule has 14 fully saturated rings. The van der Waals surface area contributed by atoms with Crippen molar-refractivity contribution in [3.63, 3.8) is 0 Å². The number of aliphatic hydroxyl groups is 2. The molecule has 20 nitrogen and oxygen atoms in total. The van der Waals surface area contributed by atoms with Crippen LogP contribution in [-0.2, 0) is 88.2 Å². The molecule has 12 bridgehead atoms. The van der Waals surface area contributed by atoms with E-state index in [9.17, 15) is 67.1 Å². The van der Waals surface area contributed by atoms with Gasteiger partial charge in [-0.3, -0.25) is 29.3 Å². The van der Waals surface area contributed by atoms with Crippen LogP contribution in [0.5, 0.6) is 11.5 Å². The van der Waals surface area contributed by atoms with Gasteiger partial charge in [-0.15, -0.1) is 12.4 Å². The molecule has 2 N–H and O–H groups in total. The summed E-state index contributed by atoms with van der Waals surface area (Å²) in [7, 11) is -0.494. The van der Waals surface area contributed by atoms with E-state index in [0.717, 1.165) is 99.7 Å². The van der Waals surface area contributed by atoms with Gasteiger partial charge < -0.3 is 49.1 Å². The van der Waals surface area contributed by atoms with Crippen LogP contribution < -0.4 is 49.5 Å². The van der Waals surface area contributed by atoms with E-state index in [1.807, 2.05) is 72.8 Å². The third-order valence-electron chi connectivity index (χ3n) is 24.1. The molecule has 111 heavy (non-hydrogen) atoms. The van der Waals surface area contributed by atoms with E-state index in [1.54, 1.807) is 0 Å². The number of hydrogen-bond acceptors (Lipinski definition) is 22. The summed E-state index contributed by atoms with van der Waals surface area (Å²) in [6, 6.07) is 57.3. The fourth-order valence-corrected chi connectivity index (χ4v) is 25.9. The molecule has 0 amide bonds. The van der Waals surface area contributed by atoms with E-state index in [2.05, 4.69) is 116 Å². The van der Waals surface area contributed by atoms with Gasteiger partial charge >= 0.3 is 75.9 Å². The van der Waals surface area contributed by atoms with Crippen LogP contribution in [0, 0.1) is 81.8 Å². The number of alkyl halides is 4. The predicted molar refractivity (Wildman–Crippen MR) is 390 cm³/mol. The van der Waals surface area contributed by atoms with Crippen molar-refractivity contribution >= 4 is 94.1 Å². The largest absolute Gasteiger partial charge is 1.00 e. The van der Waals surface area contributed by atoms with Crippen LogP contribution in [0.25, 0.3) is 0 Å². The maximum atomic E-state index is 13.3. The smallest absolute Gasteiger partial charge is 0.691 e. The molecule has 20 rings (SSSR count). The molecule has 2 heterocycles. The van der Waals surface area contributed by atoms with Gasteiger partial charge in [-0.05, 0) is 235 Å². The normalized spacial score (nSPS) is 31.7. The summed E-state index contributed by atoms with van der Waals surface area (Å²) in [6.45, 7) is -0.287. The van der Waals surface area contributed by atoms with Crippen molar-refractivity contribution in [1.29, 1.82) is 0 Å². The number of fused-ring (bicyclic) bond motifs is 2. The molecular formula is C81H85ClF4NaO20S4+. The van der Waals surface area contributed by atoms with Gasteiger partial charge in [0, 0.05) is 22.7 Å². The molecule has 6 aromatic carbocycles. The maximum Gasteiger partial charge on any atom is 1.00 e. The fourth-order valence-electron chi connectivity index (χ4n) is 21.3. The van der Waals surface area contributed by atoms with E-state index in [4.69, 9.17) is 28.4 Å². The minimum Gasteiger partial charge on any atom is -0.691 e. The van der Waals surface area contributed by atoms with Crippen LogP contribution in [-0.4, -0.2) is 93.2 Å². The molecule has 30 heteroatoms. The van der Waals surface area contributed by atoms with Gasteiger partial charge in [-0.25, -0.2) is 9.59 Å². The molecule has 6 aromatic rings. The minimum atomic E-state index is -4.01. The van der Waals surface area contributed by atoms with Crippen LogP contribution in [0.1, 0.15) is 110 Å². The average molecular weight is 1640 g/mol. The SMILES string of the molecule is C.Cl.O=C(OCC12CC3CC(CC(O)(C3)C1)C2)C(F)(F)SOO[O-].O=C(OCC12CC3CC(CC(O)(C3)C1)C2)C(F)(F)SOO[O-].O=C(Oc1ccc([S+](c2ccccc2)c2ccccc2)cc1)C1C2CC3OC(=O)C1C3C2.O=C(Oc1ccc([S+](c2ccccc2)c2ccccc2)cc1)C1C2CC3OC(=O)C1C3C2.[Na+]. The first-order valence-corrected chi connectivity index (χ1v) is 40.4. The molecule has 14 unspecified atom stereocenters. The van der Waals surface area contributed by atoms with E-state index in [1.165, 1.54) is 19.6 Å². The monoisotopic (exact) mass is 1640 g/mol. The van der Waals surface area contributed by atoms with Crippen LogP contribution in [0.3, 0.4) is 0 Å². The Balaban J connectivity index is 0.000000139. The van der Waals surface area contributed by atoms with Gasteiger partial charge in [0.25, 0.3) is 0 Å². The Morgan fingerprint density at radius 2 is 0.757 bits per heavy atom. The Labute approximate surface area is 682 Å². The first-order chi connectivity index (χ1) is 51.9. The molecule has 0 radical (unpaired) electrons. The Bertz CT molecular complexity index is 3870. The number of esters is 6. The van der Waals surface area contributed by atoms with E-state index >= 15 is 0 Å². The quantitative estimate of drug-likeness (QED) is 0.00735. The number of benzene rings is 6. The molecule has 0 spiro atoms.